The fourth-order valence-corrected chi connectivity index (χ4v) is 2.70. The van der Waals surface area contributed by atoms with Crippen LogP contribution < -0.4 is 15.8 Å². The predicted octanol–water partition coefficient (Wildman–Crippen LogP) is 2.92. The van der Waals surface area contributed by atoms with Crippen LogP contribution in [0, 0.1) is 5.82 Å². The van der Waals surface area contributed by atoms with Gasteiger partial charge in [-0.1, -0.05) is 24.3 Å². The largest absolute Gasteiger partial charge is 0.497 e. The van der Waals surface area contributed by atoms with Gasteiger partial charge in [0.15, 0.2) is 5.96 Å². The van der Waals surface area contributed by atoms with Gasteiger partial charge in [0.2, 0.25) is 0 Å². The van der Waals surface area contributed by atoms with E-state index in [9.17, 15) is 4.39 Å². The molecule has 2 aromatic rings. The molecule has 2 unspecified atom stereocenters. The molecule has 5 heteroatoms. The van der Waals surface area contributed by atoms with Crippen LogP contribution in [0.2, 0.25) is 0 Å². The third-order valence-electron chi connectivity index (χ3n) is 3.83. The quantitative estimate of drug-likeness (QED) is 0.916. The molecule has 0 spiro atoms. The highest BCUT2D eigenvalue weighted by atomic mass is 19.1. The van der Waals surface area contributed by atoms with Crippen molar-refractivity contribution >= 4 is 5.96 Å². The minimum absolute atomic E-state index is 0.0386. The molecule has 1 aliphatic heterocycles. The fourth-order valence-electron chi connectivity index (χ4n) is 2.70. The zero-order valence-electron chi connectivity index (χ0n) is 12.3. The summed E-state index contributed by atoms with van der Waals surface area (Å²) in [6.45, 7) is 0. The summed E-state index contributed by atoms with van der Waals surface area (Å²) in [6, 6.07) is 14.2. The first-order valence-electron chi connectivity index (χ1n) is 7.15. The van der Waals surface area contributed by atoms with E-state index >= 15 is 0 Å². The number of rotatable bonds is 3. The molecule has 0 bridgehead atoms. The summed E-state index contributed by atoms with van der Waals surface area (Å²) in [6.07, 6.45) is 0.719. The van der Waals surface area contributed by atoms with Gasteiger partial charge in [-0.3, -0.25) is 0 Å². The third-order valence-corrected chi connectivity index (χ3v) is 3.83. The van der Waals surface area contributed by atoms with Gasteiger partial charge in [0, 0.05) is 0 Å². The van der Waals surface area contributed by atoms with Crippen molar-refractivity contribution in [3.05, 3.63) is 65.5 Å². The molecule has 1 aliphatic rings. The Morgan fingerprint density at radius 3 is 2.64 bits per heavy atom. The van der Waals surface area contributed by atoms with Crippen molar-refractivity contribution in [1.82, 2.24) is 5.32 Å². The molecule has 22 heavy (non-hydrogen) atoms. The van der Waals surface area contributed by atoms with E-state index < -0.39 is 0 Å². The smallest absolute Gasteiger partial charge is 0.189 e. The summed E-state index contributed by atoms with van der Waals surface area (Å²) in [5.41, 5.74) is 7.84. The lowest BCUT2D eigenvalue weighted by Gasteiger charge is -2.29. The molecule has 1 heterocycles. The topological polar surface area (TPSA) is 59.6 Å². The van der Waals surface area contributed by atoms with E-state index in [4.69, 9.17) is 10.5 Å². The molecule has 0 aliphatic carbocycles. The van der Waals surface area contributed by atoms with Gasteiger partial charge in [-0.2, -0.15) is 0 Å². The Morgan fingerprint density at radius 2 is 1.95 bits per heavy atom. The van der Waals surface area contributed by atoms with Crippen molar-refractivity contribution in [3.63, 3.8) is 0 Å². The molecule has 2 aromatic carbocycles. The number of nitrogens with one attached hydrogen (secondary N) is 1. The summed E-state index contributed by atoms with van der Waals surface area (Å²) in [7, 11) is 1.64. The summed E-state index contributed by atoms with van der Waals surface area (Å²) >= 11 is 0. The number of nitrogens with zero attached hydrogens (tertiary/aromatic N) is 1. The summed E-state index contributed by atoms with van der Waals surface area (Å²) in [5.74, 6) is 0.926. The molecule has 2 atom stereocenters. The van der Waals surface area contributed by atoms with Crippen LogP contribution in [0.15, 0.2) is 53.5 Å². The van der Waals surface area contributed by atoms with Crippen LogP contribution in [-0.4, -0.2) is 13.1 Å². The van der Waals surface area contributed by atoms with Crippen LogP contribution in [0.1, 0.15) is 29.6 Å². The van der Waals surface area contributed by atoms with Gasteiger partial charge in [-0.25, -0.2) is 9.38 Å². The first-order chi connectivity index (χ1) is 10.7. The molecule has 0 aromatic heterocycles. The van der Waals surface area contributed by atoms with E-state index in [2.05, 4.69) is 10.3 Å². The first kappa shape index (κ1) is 14.4. The van der Waals surface area contributed by atoms with Crippen LogP contribution in [-0.2, 0) is 0 Å². The van der Waals surface area contributed by atoms with Gasteiger partial charge in [0.05, 0.1) is 19.2 Å². The van der Waals surface area contributed by atoms with Crippen molar-refractivity contribution in [3.8, 4) is 5.75 Å². The molecule has 0 radical (unpaired) electrons. The Morgan fingerprint density at radius 1 is 1.18 bits per heavy atom. The number of nitrogens with two attached hydrogens (primary N) is 1. The average molecular weight is 299 g/mol. The monoisotopic (exact) mass is 299 g/mol. The van der Waals surface area contributed by atoms with E-state index in [1.807, 2.05) is 30.3 Å². The lowest BCUT2D eigenvalue weighted by Crippen LogP contribution is -2.39. The Balaban J connectivity index is 1.84. The number of methoxy groups -OCH3 is 1. The maximum absolute atomic E-state index is 13.4. The molecule has 0 amide bonds. The number of hydrogen-bond donors (Lipinski definition) is 2. The molecule has 3 N–H and O–H groups in total. The highest BCUT2D eigenvalue weighted by Gasteiger charge is 2.24. The highest BCUT2D eigenvalue weighted by molar-refractivity contribution is 5.79. The summed E-state index contributed by atoms with van der Waals surface area (Å²) < 4.78 is 18.6. The Bertz CT molecular complexity index is 685. The van der Waals surface area contributed by atoms with Gasteiger partial charge in [-0.15, -0.1) is 0 Å². The third kappa shape index (κ3) is 3.03. The maximum atomic E-state index is 13.4. The normalized spacial score (nSPS) is 20.9. The van der Waals surface area contributed by atoms with Crippen LogP contribution in [0.25, 0.3) is 0 Å². The van der Waals surface area contributed by atoms with E-state index in [-0.39, 0.29) is 17.9 Å². The summed E-state index contributed by atoms with van der Waals surface area (Å²) in [5, 5.41) is 3.18. The standard InChI is InChI=1S/C17H18FN3O/c1-22-14-7-5-11(6-8-14)15-10-16(21-17(19)20-15)12-3-2-4-13(18)9-12/h2-9,15-16H,10H2,1H3,(H3,19,20,21). The number of benzene rings is 2. The number of halogens is 1. The van der Waals surface area contributed by atoms with Gasteiger partial charge >= 0.3 is 0 Å². The van der Waals surface area contributed by atoms with Gasteiger partial charge < -0.3 is 15.8 Å². The number of aliphatic imine (C=N–C) groups is 1. The molecule has 3 rings (SSSR count). The SMILES string of the molecule is COc1ccc(C2CC(c3cccc(F)c3)N=C(N)N2)cc1. The van der Waals surface area contributed by atoms with E-state index in [0.717, 1.165) is 23.3 Å². The molecule has 0 fully saturated rings. The number of ether oxygens (including phenoxy) is 1. The molecule has 114 valence electrons. The molecule has 0 saturated carbocycles. The first-order valence-corrected chi connectivity index (χ1v) is 7.15. The van der Waals surface area contributed by atoms with Gasteiger partial charge in [0.1, 0.15) is 11.6 Å². The van der Waals surface area contributed by atoms with Crippen LogP contribution in [0.5, 0.6) is 5.75 Å². The summed E-state index contributed by atoms with van der Waals surface area (Å²) in [4.78, 5) is 4.40. The fraction of sp³-hybridized carbons (Fsp3) is 0.235. The van der Waals surface area contributed by atoms with Crippen molar-refractivity contribution in [2.75, 3.05) is 7.11 Å². The average Bonchev–Trinajstić information content (AvgIpc) is 2.54. The van der Waals surface area contributed by atoms with Crippen LogP contribution >= 0.6 is 0 Å². The molecule has 4 nitrogen and oxygen atoms in total. The molecule has 0 saturated heterocycles. The van der Waals surface area contributed by atoms with Crippen LogP contribution in [0.3, 0.4) is 0 Å². The Hall–Kier alpha value is -2.56. The second-order valence-corrected chi connectivity index (χ2v) is 5.29. The van der Waals surface area contributed by atoms with Gasteiger partial charge in [0.25, 0.3) is 0 Å². The second kappa shape index (κ2) is 6.05. The minimum Gasteiger partial charge on any atom is -0.497 e. The van der Waals surface area contributed by atoms with Gasteiger partial charge in [-0.05, 0) is 41.8 Å². The predicted molar refractivity (Wildman–Crippen MR) is 84.3 cm³/mol. The van der Waals surface area contributed by atoms with Crippen molar-refractivity contribution in [1.29, 1.82) is 0 Å². The van der Waals surface area contributed by atoms with E-state index in [1.165, 1.54) is 12.1 Å². The van der Waals surface area contributed by atoms with E-state index in [1.54, 1.807) is 13.2 Å². The second-order valence-electron chi connectivity index (χ2n) is 5.29. The van der Waals surface area contributed by atoms with Crippen molar-refractivity contribution in [2.24, 2.45) is 10.7 Å². The van der Waals surface area contributed by atoms with Crippen molar-refractivity contribution in [2.45, 2.75) is 18.5 Å². The zero-order chi connectivity index (χ0) is 15.5. The Kier molecular flexibility index (Phi) is 3.96. The highest BCUT2D eigenvalue weighted by Crippen LogP contribution is 2.32. The van der Waals surface area contributed by atoms with Crippen LogP contribution in [0.4, 0.5) is 4.39 Å². The van der Waals surface area contributed by atoms with E-state index in [0.29, 0.717) is 5.96 Å². The number of hydrogen-bond acceptors (Lipinski definition) is 4. The number of guanidine groups is 1. The Labute approximate surface area is 128 Å². The molecular formula is C17H18FN3O. The zero-order valence-corrected chi connectivity index (χ0v) is 12.3. The van der Waals surface area contributed by atoms with Crippen molar-refractivity contribution < 1.29 is 9.13 Å². The lowest BCUT2D eigenvalue weighted by atomic mass is 9.94. The lowest BCUT2D eigenvalue weighted by molar-refractivity contribution is 0.414. The minimum atomic E-state index is -0.259. The maximum Gasteiger partial charge on any atom is 0.189 e. The molecular weight excluding hydrogens is 281 g/mol.